The van der Waals surface area contributed by atoms with Crippen LogP contribution >= 0.6 is 11.8 Å². The number of carbonyl (C=O) groups excluding carboxylic acids is 1. The summed E-state index contributed by atoms with van der Waals surface area (Å²) in [7, 11) is 1.64. The Labute approximate surface area is 175 Å². The molecule has 2 aromatic carbocycles. The predicted octanol–water partition coefficient (Wildman–Crippen LogP) is 4.75. The number of rotatable bonds is 10. The topological polar surface area (TPSA) is 64.4 Å². The lowest BCUT2D eigenvalue weighted by atomic mass is 10.1. The highest BCUT2D eigenvalue weighted by Crippen LogP contribution is 2.23. The highest BCUT2D eigenvalue weighted by atomic mass is 32.2. The summed E-state index contributed by atoms with van der Waals surface area (Å²) in [4.78, 5) is 13.3. The van der Waals surface area contributed by atoms with Crippen molar-refractivity contribution < 1.29 is 14.1 Å². The van der Waals surface area contributed by atoms with Gasteiger partial charge in [0.1, 0.15) is 5.75 Å². The van der Waals surface area contributed by atoms with Gasteiger partial charge in [-0.15, -0.1) is 11.8 Å². The molecule has 5 nitrogen and oxygen atoms in total. The molecule has 1 amide bonds. The maximum Gasteiger partial charge on any atom is 0.220 e. The third kappa shape index (κ3) is 6.39. The van der Waals surface area contributed by atoms with Gasteiger partial charge in [-0.3, -0.25) is 4.79 Å². The van der Waals surface area contributed by atoms with E-state index in [1.165, 1.54) is 10.5 Å². The summed E-state index contributed by atoms with van der Waals surface area (Å²) in [6, 6.07) is 18.0. The van der Waals surface area contributed by atoms with Gasteiger partial charge < -0.3 is 14.6 Å². The van der Waals surface area contributed by atoms with E-state index in [-0.39, 0.29) is 5.91 Å². The van der Waals surface area contributed by atoms with E-state index in [1.807, 2.05) is 30.3 Å². The van der Waals surface area contributed by atoms with Crippen LogP contribution < -0.4 is 10.1 Å². The number of aromatic nitrogens is 1. The average Bonchev–Trinajstić information content (AvgIpc) is 3.23. The number of benzene rings is 2. The summed E-state index contributed by atoms with van der Waals surface area (Å²) in [5.41, 5.74) is 3.04. The number of amides is 1. The van der Waals surface area contributed by atoms with Crippen LogP contribution in [0.15, 0.2) is 64.0 Å². The molecule has 0 spiro atoms. The molecule has 152 valence electrons. The van der Waals surface area contributed by atoms with E-state index in [9.17, 15) is 4.79 Å². The first-order chi connectivity index (χ1) is 14.2. The normalized spacial score (nSPS) is 10.7. The molecule has 1 heterocycles. The summed E-state index contributed by atoms with van der Waals surface area (Å²) in [6.07, 6.45) is 4.84. The van der Waals surface area contributed by atoms with Crippen molar-refractivity contribution in [2.45, 2.75) is 30.6 Å². The Morgan fingerprint density at radius 2 is 1.86 bits per heavy atom. The maximum absolute atomic E-state index is 12.0. The van der Waals surface area contributed by atoms with Crippen LogP contribution in [0.2, 0.25) is 0 Å². The van der Waals surface area contributed by atoms with Crippen molar-refractivity contribution >= 4 is 17.7 Å². The van der Waals surface area contributed by atoms with Crippen molar-refractivity contribution in [2.24, 2.45) is 0 Å². The fourth-order valence-corrected chi connectivity index (χ4v) is 3.39. The zero-order valence-corrected chi connectivity index (χ0v) is 17.6. The first-order valence-electron chi connectivity index (χ1n) is 9.67. The Morgan fingerprint density at radius 3 is 2.55 bits per heavy atom. The molecule has 0 aliphatic rings. The molecule has 3 rings (SSSR count). The minimum atomic E-state index is 0.0737. The molecule has 1 aromatic heterocycles. The minimum Gasteiger partial charge on any atom is -0.497 e. The van der Waals surface area contributed by atoms with Crippen LogP contribution in [0.4, 0.5) is 0 Å². The number of ether oxygens (including phenoxy) is 1. The molecule has 0 aliphatic heterocycles. The van der Waals surface area contributed by atoms with Gasteiger partial charge in [0.25, 0.3) is 0 Å². The number of hydrogen-bond donors (Lipinski definition) is 1. The molecule has 0 radical (unpaired) electrons. The van der Waals surface area contributed by atoms with Gasteiger partial charge in [0.15, 0.2) is 5.76 Å². The SMILES string of the molecule is COc1ccc(-c2cc(CCCC(=O)NCCc3ccc(SC)cc3)no2)cc1. The van der Waals surface area contributed by atoms with Crippen LogP contribution in [-0.2, 0) is 17.6 Å². The summed E-state index contributed by atoms with van der Waals surface area (Å²) in [5.74, 6) is 1.60. The Hall–Kier alpha value is -2.73. The average molecular weight is 411 g/mol. The van der Waals surface area contributed by atoms with Gasteiger partial charge in [-0.1, -0.05) is 17.3 Å². The van der Waals surface area contributed by atoms with Crippen LogP contribution in [0.25, 0.3) is 11.3 Å². The van der Waals surface area contributed by atoms with Gasteiger partial charge in [0.2, 0.25) is 5.91 Å². The van der Waals surface area contributed by atoms with E-state index >= 15 is 0 Å². The zero-order chi connectivity index (χ0) is 20.5. The monoisotopic (exact) mass is 410 g/mol. The predicted molar refractivity (Wildman–Crippen MR) is 116 cm³/mol. The molecule has 0 fully saturated rings. The molecule has 6 heteroatoms. The van der Waals surface area contributed by atoms with Crippen molar-refractivity contribution in [2.75, 3.05) is 19.9 Å². The second kappa shape index (κ2) is 10.7. The number of nitrogens with zero attached hydrogens (tertiary/aromatic N) is 1. The lowest BCUT2D eigenvalue weighted by molar-refractivity contribution is -0.121. The largest absolute Gasteiger partial charge is 0.497 e. The molecule has 0 aliphatic carbocycles. The van der Waals surface area contributed by atoms with Crippen LogP contribution in [0.3, 0.4) is 0 Å². The van der Waals surface area contributed by atoms with E-state index in [0.717, 1.165) is 35.6 Å². The minimum absolute atomic E-state index is 0.0737. The van der Waals surface area contributed by atoms with Gasteiger partial charge in [0.05, 0.1) is 12.8 Å². The summed E-state index contributed by atoms with van der Waals surface area (Å²) in [6.45, 7) is 0.656. The standard InChI is InChI=1S/C23H26N2O3S/c1-27-20-10-8-18(9-11-20)22-16-19(25-28-22)4-3-5-23(26)24-15-14-17-6-12-21(29-2)13-7-17/h6-13,16H,3-5,14-15H2,1-2H3,(H,24,26). The molecule has 0 atom stereocenters. The Bertz CT molecular complexity index is 905. The first-order valence-corrected chi connectivity index (χ1v) is 10.9. The fraction of sp³-hybridized carbons (Fsp3) is 0.304. The lowest BCUT2D eigenvalue weighted by Crippen LogP contribution is -2.25. The number of methoxy groups -OCH3 is 1. The highest BCUT2D eigenvalue weighted by Gasteiger charge is 2.08. The Morgan fingerprint density at radius 1 is 1.10 bits per heavy atom. The summed E-state index contributed by atoms with van der Waals surface area (Å²) in [5, 5.41) is 7.10. The number of thioether (sulfide) groups is 1. The van der Waals surface area contributed by atoms with Gasteiger partial charge in [-0.2, -0.15) is 0 Å². The van der Waals surface area contributed by atoms with Gasteiger partial charge in [-0.25, -0.2) is 0 Å². The highest BCUT2D eigenvalue weighted by molar-refractivity contribution is 7.98. The molecule has 0 saturated heterocycles. The second-order valence-electron chi connectivity index (χ2n) is 6.71. The number of hydrogen-bond acceptors (Lipinski definition) is 5. The van der Waals surface area contributed by atoms with Crippen molar-refractivity contribution in [1.82, 2.24) is 10.5 Å². The van der Waals surface area contributed by atoms with Crippen molar-refractivity contribution in [3.63, 3.8) is 0 Å². The number of aryl methyl sites for hydroxylation is 1. The molecule has 0 saturated carbocycles. The van der Waals surface area contributed by atoms with E-state index in [0.29, 0.717) is 19.4 Å². The fourth-order valence-electron chi connectivity index (χ4n) is 2.98. The molecule has 3 aromatic rings. The number of carbonyl (C=O) groups is 1. The molecular formula is C23H26N2O3S. The van der Waals surface area contributed by atoms with Crippen LogP contribution in [0.5, 0.6) is 5.75 Å². The van der Waals surface area contributed by atoms with Gasteiger partial charge in [0, 0.05) is 29.5 Å². The Kier molecular flexibility index (Phi) is 7.76. The first kappa shape index (κ1) is 21.0. The molecule has 29 heavy (non-hydrogen) atoms. The molecule has 1 N–H and O–H groups in total. The number of nitrogens with one attached hydrogen (secondary N) is 1. The smallest absolute Gasteiger partial charge is 0.220 e. The van der Waals surface area contributed by atoms with Crippen LogP contribution in [0, 0.1) is 0 Å². The van der Waals surface area contributed by atoms with Gasteiger partial charge >= 0.3 is 0 Å². The second-order valence-corrected chi connectivity index (χ2v) is 7.59. The van der Waals surface area contributed by atoms with E-state index in [4.69, 9.17) is 9.26 Å². The molecular weight excluding hydrogens is 384 g/mol. The maximum atomic E-state index is 12.0. The summed E-state index contributed by atoms with van der Waals surface area (Å²) < 4.78 is 10.6. The van der Waals surface area contributed by atoms with Crippen molar-refractivity contribution in [3.8, 4) is 17.1 Å². The third-order valence-corrected chi connectivity index (χ3v) is 5.41. The van der Waals surface area contributed by atoms with Crippen LogP contribution in [-0.4, -0.2) is 31.0 Å². The van der Waals surface area contributed by atoms with Crippen molar-refractivity contribution in [1.29, 1.82) is 0 Å². The summed E-state index contributed by atoms with van der Waals surface area (Å²) >= 11 is 1.73. The Balaban J connectivity index is 1.37. The quantitative estimate of drug-likeness (QED) is 0.489. The molecule has 0 unspecified atom stereocenters. The van der Waals surface area contributed by atoms with Crippen molar-refractivity contribution in [3.05, 3.63) is 65.9 Å². The van der Waals surface area contributed by atoms with E-state index in [1.54, 1.807) is 18.9 Å². The van der Waals surface area contributed by atoms with Gasteiger partial charge in [-0.05, 0) is 67.5 Å². The lowest BCUT2D eigenvalue weighted by Gasteiger charge is -2.05. The van der Waals surface area contributed by atoms with E-state index < -0.39 is 0 Å². The third-order valence-electron chi connectivity index (χ3n) is 4.67. The zero-order valence-electron chi connectivity index (χ0n) is 16.8. The van der Waals surface area contributed by atoms with Crippen LogP contribution in [0.1, 0.15) is 24.1 Å². The van der Waals surface area contributed by atoms with E-state index in [2.05, 4.69) is 41.0 Å². The molecule has 0 bridgehead atoms.